The number of carbonyl (C=O) groups is 1. The summed E-state index contributed by atoms with van der Waals surface area (Å²) >= 11 is 0. The molecule has 1 aliphatic rings. The van der Waals surface area contributed by atoms with Gasteiger partial charge in [-0.25, -0.2) is 0 Å². The molecule has 0 aromatic rings. The van der Waals surface area contributed by atoms with Crippen LogP contribution in [0.1, 0.15) is 90.9 Å². The van der Waals surface area contributed by atoms with E-state index in [-0.39, 0.29) is 6.42 Å². The zero-order valence-electron chi connectivity index (χ0n) is 15.2. The third-order valence-electron chi connectivity index (χ3n) is 5.00. The molecule has 1 N–H and O–H groups in total. The molecule has 0 spiro atoms. The van der Waals surface area contributed by atoms with Gasteiger partial charge in [0.25, 0.3) is 0 Å². The van der Waals surface area contributed by atoms with Crippen LogP contribution in [0.3, 0.4) is 0 Å². The largest absolute Gasteiger partial charge is 0.481 e. The van der Waals surface area contributed by atoms with E-state index in [1.54, 1.807) is 0 Å². The summed E-state index contributed by atoms with van der Waals surface area (Å²) in [7, 11) is 0. The Morgan fingerprint density at radius 3 is 2.70 bits per heavy atom. The van der Waals surface area contributed by atoms with Crippen LogP contribution in [0.5, 0.6) is 0 Å². The molecule has 1 aliphatic carbocycles. The number of aliphatic carboxylic acids is 1. The molecule has 132 valence electrons. The highest BCUT2D eigenvalue weighted by Gasteiger charge is 2.24. The summed E-state index contributed by atoms with van der Waals surface area (Å²) in [6.45, 7) is 4.47. The molecule has 0 saturated heterocycles. The summed E-state index contributed by atoms with van der Waals surface area (Å²) in [5, 5.41) is 8.67. The molecule has 0 bridgehead atoms. The van der Waals surface area contributed by atoms with Crippen LogP contribution in [0.25, 0.3) is 0 Å². The Hall–Kier alpha value is -1.05. The van der Waals surface area contributed by atoms with Gasteiger partial charge in [0.1, 0.15) is 0 Å². The Kier molecular flexibility index (Phi) is 10.8. The van der Waals surface area contributed by atoms with Crippen molar-refractivity contribution < 1.29 is 9.90 Å². The molecule has 0 heterocycles. The fourth-order valence-corrected chi connectivity index (χ4v) is 3.63. The van der Waals surface area contributed by atoms with Crippen LogP contribution >= 0.6 is 0 Å². The predicted octanol–water partition coefficient (Wildman–Crippen LogP) is 6.52. The second-order valence-corrected chi connectivity index (χ2v) is 7.17. The van der Waals surface area contributed by atoms with Gasteiger partial charge in [-0.15, -0.1) is 0 Å². The Morgan fingerprint density at radius 2 is 1.96 bits per heavy atom. The highest BCUT2D eigenvalue weighted by Crippen LogP contribution is 2.37. The van der Waals surface area contributed by atoms with Gasteiger partial charge in [0.2, 0.25) is 0 Å². The van der Waals surface area contributed by atoms with Crippen molar-refractivity contribution in [1.82, 2.24) is 0 Å². The molecule has 1 fully saturated rings. The lowest BCUT2D eigenvalue weighted by Crippen LogP contribution is -2.05. The molecule has 2 atom stereocenters. The second kappa shape index (κ2) is 12.4. The van der Waals surface area contributed by atoms with Crippen molar-refractivity contribution in [2.45, 2.75) is 90.9 Å². The van der Waals surface area contributed by atoms with Gasteiger partial charge >= 0.3 is 5.97 Å². The summed E-state index contributed by atoms with van der Waals surface area (Å²) in [5.74, 6) is 0.886. The van der Waals surface area contributed by atoms with Gasteiger partial charge in [0.05, 0.1) is 0 Å². The Balaban J connectivity index is 2.27. The van der Waals surface area contributed by atoms with Crippen LogP contribution in [0.15, 0.2) is 23.8 Å². The second-order valence-electron chi connectivity index (χ2n) is 7.17. The van der Waals surface area contributed by atoms with E-state index >= 15 is 0 Å². The smallest absolute Gasteiger partial charge is 0.303 e. The molecule has 0 aromatic heterocycles. The maximum Gasteiger partial charge on any atom is 0.303 e. The van der Waals surface area contributed by atoms with Crippen LogP contribution in [0.2, 0.25) is 0 Å². The van der Waals surface area contributed by atoms with E-state index in [4.69, 9.17) is 5.11 Å². The van der Waals surface area contributed by atoms with Crippen LogP contribution < -0.4 is 0 Å². The minimum Gasteiger partial charge on any atom is -0.481 e. The number of hydrogen-bond donors (Lipinski definition) is 1. The molecule has 23 heavy (non-hydrogen) atoms. The van der Waals surface area contributed by atoms with E-state index in [0.29, 0.717) is 0 Å². The standard InChI is InChI=1S/C21H36O2/c1-3-4-5-6-7-8-13-19-14-11-15-20(19)17-18(2)12-9-10-16-21(22)23/h8,12-13,19-20H,3-7,9-11,14-17H2,1-2H3,(H,22,23)/t19-,20+/m0/s1. The molecule has 0 radical (unpaired) electrons. The van der Waals surface area contributed by atoms with Crippen LogP contribution in [0, 0.1) is 11.8 Å². The average Bonchev–Trinajstić information content (AvgIpc) is 2.94. The molecule has 0 unspecified atom stereocenters. The number of carboxylic acids is 1. The zero-order chi connectivity index (χ0) is 16.9. The van der Waals surface area contributed by atoms with Crippen molar-refractivity contribution in [2.24, 2.45) is 11.8 Å². The first-order valence-corrected chi connectivity index (χ1v) is 9.67. The lowest BCUT2D eigenvalue weighted by atomic mass is 9.89. The Bertz CT molecular complexity index is 381. The van der Waals surface area contributed by atoms with E-state index in [0.717, 1.165) is 24.7 Å². The molecule has 1 rings (SSSR count). The van der Waals surface area contributed by atoms with Gasteiger partial charge in [0.15, 0.2) is 0 Å². The lowest BCUT2D eigenvalue weighted by molar-refractivity contribution is -0.137. The van der Waals surface area contributed by atoms with Gasteiger partial charge in [-0.2, -0.15) is 0 Å². The quantitative estimate of drug-likeness (QED) is 0.328. The number of allylic oxidation sites excluding steroid dienone is 4. The Morgan fingerprint density at radius 1 is 1.13 bits per heavy atom. The van der Waals surface area contributed by atoms with Crippen molar-refractivity contribution in [1.29, 1.82) is 0 Å². The average molecular weight is 321 g/mol. The molecule has 0 amide bonds. The SMILES string of the molecule is CCCCCCC=C[C@H]1CCC[C@@H]1CC(C)=CCCCC(=O)O. The number of unbranched alkanes of at least 4 members (excludes halogenated alkanes) is 5. The number of carboxylic acid groups (broad SMARTS) is 1. The van der Waals surface area contributed by atoms with Crippen LogP contribution in [0.4, 0.5) is 0 Å². The molecular weight excluding hydrogens is 284 g/mol. The highest BCUT2D eigenvalue weighted by molar-refractivity contribution is 5.66. The summed E-state index contributed by atoms with van der Waals surface area (Å²) in [4.78, 5) is 10.5. The van der Waals surface area contributed by atoms with Gasteiger partial charge in [0, 0.05) is 6.42 Å². The van der Waals surface area contributed by atoms with Crippen molar-refractivity contribution in [3.8, 4) is 0 Å². The first-order chi connectivity index (χ1) is 11.1. The van der Waals surface area contributed by atoms with Crippen molar-refractivity contribution in [3.63, 3.8) is 0 Å². The monoisotopic (exact) mass is 320 g/mol. The summed E-state index contributed by atoms with van der Waals surface area (Å²) in [6, 6.07) is 0. The van der Waals surface area contributed by atoms with E-state index in [1.807, 2.05) is 0 Å². The van der Waals surface area contributed by atoms with E-state index in [1.165, 1.54) is 63.4 Å². The molecule has 1 saturated carbocycles. The maximum atomic E-state index is 10.5. The third-order valence-corrected chi connectivity index (χ3v) is 5.00. The van der Waals surface area contributed by atoms with E-state index in [2.05, 4.69) is 32.1 Å². The summed E-state index contributed by atoms with van der Waals surface area (Å²) < 4.78 is 0. The number of rotatable bonds is 12. The van der Waals surface area contributed by atoms with Crippen LogP contribution in [-0.4, -0.2) is 11.1 Å². The maximum absolute atomic E-state index is 10.5. The predicted molar refractivity (Wildman–Crippen MR) is 98.6 cm³/mol. The first-order valence-electron chi connectivity index (χ1n) is 9.67. The molecule has 0 aliphatic heterocycles. The van der Waals surface area contributed by atoms with Crippen molar-refractivity contribution in [2.75, 3.05) is 0 Å². The van der Waals surface area contributed by atoms with Gasteiger partial charge < -0.3 is 5.11 Å². The molecule has 0 aromatic carbocycles. The Labute approximate surface area is 143 Å². The normalized spacial score (nSPS) is 22.1. The molecule has 2 heteroatoms. The minimum atomic E-state index is -0.684. The fraction of sp³-hybridized carbons (Fsp3) is 0.762. The lowest BCUT2D eigenvalue weighted by Gasteiger charge is -2.16. The topological polar surface area (TPSA) is 37.3 Å². The first kappa shape index (κ1) is 20.0. The highest BCUT2D eigenvalue weighted by atomic mass is 16.4. The van der Waals surface area contributed by atoms with Crippen molar-refractivity contribution >= 4 is 5.97 Å². The molecular formula is C21H36O2. The van der Waals surface area contributed by atoms with Crippen molar-refractivity contribution in [3.05, 3.63) is 23.8 Å². The zero-order valence-corrected chi connectivity index (χ0v) is 15.2. The number of hydrogen-bond acceptors (Lipinski definition) is 1. The van der Waals surface area contributed by atoms with Gasteiger partial charge in [-0.05, 0) is 63.7 Å². The minimum absolute atomic E-state index is 0.288. The van der Waals surface area contributed by atoms with E-state index < -0.39 is 5.97 Å². The van der Waals surface area contributed by atoms with E-state index in [9.17, 15) is 4.79 Å². The summed E-state index contributed by atoms with van der Waals surface area (Å²) in [6.07, 6.45) is 21.0. The summed E-state index contributed by atoms with van der Waals surface area (Å²) in [5.41, 5.74) is 1.45. The van der Waals surface area contributed by atoms with Crippen LogP contribution in [-0.2, 0) is 4.79 Å². The molecule has 2 nitrogen and oxygen atoms in total. The third kappa shape index (κ3) is 9.63. The van der Waals surface area contributed by atoms with Gasteiger partial charge in [-0.1, -0.05) is 56.4 Å². The van der Waals surface area contributed by atoms with Gasteiger partial charge in [-0.3, -0.25) is 4.79 Å². The fourth-order valence-electron chi connectivity index (χ4n) is 3.63.